The molecule has 0 spiro atoms. The molecule has 0 saturated heterocycles. The van der Waals surface area contributed by atoms with Gasteiger partial charge in [-0.05, 0) is 24.6 Å². The fourth-order valence-corrected chi connectivity index (χ4v) is 2.12. The average molecular weight is 309 g/mol. The first-order chi connectivity index (χ1) is 10.6. The summed E-state index contributed by atoms with van der Waals surface area (Å²) in [6.07, 6.45) is 1.57. The van der Waals surface area contributed by atoms with Gasteiger partial charge in [0.1, 0.15) is 5.65 Å². The molecule has 2 rings (SSSR count). The monoisotopic (exact) mass is 309 g/mol. The highest BCUT2D eigenvalue weighted by atomic mass is 19.1. The fourth-order valence-electron chi connectivity index (χ4n) is 2.12. The molecule has 120 valence electrons. The molecule has 0 radical (unpaired) electrons. The van der Waals surface area contributed by atoms with Gasteiger partial charge in [-0.25, -0.2) is 4.98 Å². The van der Waals surface area contributed by atoms with Gasteiger partial charge in [0, 0.05) is 33.5 Å². The summed E-state index contributed by atoms with van der Waals surface area (Å²) >= 11 is 0. The van der Waals surface area contributed by atoms with Crippen molar-refractivity contribution in [3.05, 3.63) is 35.5 Å². The largest absolute Gasteiger partial charge is 0.383 e. The van der Waals surface area contributed by atoms with Crippen LogP contribution in [-0.4, -0.2) is 60.7 Å². The van der Waals surface area contributed by atoms with Crippen molar-refractivity contribution >= 4 is 11.6 Å². The van der Waals surface area contributed by atoms with Gasteiger partial charge >= 0.3 is 0 Å². The minimum atomic E-state index is -0.653. The Balaban J connectivity index is 2.30. The number of aryl methyl sites for hydroxylation is 1. The van der Waals surface area contributed by atoms with E-state index in [1.807, 2.05) is 6.92 Å². The number of halogens is 1. The lowest BCUT2D eigenvalue weighted by atomic mass is 10.3. The first-order valence-corrected chi connectivity index (χ1v) is 7.00. The van der Waals surface area contributed by atoms with Crippen LogP contribution in [0.1, 0.15) is 16.1 Å². The lowest BCUT2D eigenvalue weighted by Crippen LogP contribution is -2.37. The van der Waals surface area contributed by atoms with Gasteiger partial charge in [-0.15, -0.1) is 0 Å². The van der Waals surface area contributed by atoms with E-state index in [4.69, 9.17) is 9.47 Å². The molecule has 0 N–H and O–H groups in total. The van der Waals surface area contributed by atoms with Crippen LogP contribution in [0.5, 0.6) is 0 Å². The first kappa shape index (κ1) is 16.4. The van der Waals surface area contributed by atoms with Crippen LogP contribution < -0.4 is 0 Å². The number of methoxy groups -OCH3 is 2. The lowest BCUT2D eigenvalue weighted by molar-refractivity contribution is 0.0617. The topological polar surface area (TPSA) is 56.1 Å². The zero-order chi connectivity index (χ0) is 16.1. The minimum absolute atomic E-state index is 0.183. The second-order valence-corrected chi connectivity index (χ2v) is 4.96. The Labute approximate surface area is 128 Å². The standard InChI is InChI=1S/C15H20FN3O3/c1-11-4-5-19-12(10-11)17-13(14(19)16)15(20)18(6-8-21-2)7-9-22-3/h4-5,10H,6-9H2,1-3H3. The molecule has 0 unspecified atom stereocenters. The maximum absolute atomic E-state index is 14.4. The molecule has 0 aromatic carbocycles. The van der Waals surface area contributed by atoms with Crippen LogP contribution in [0.2, 0.25) is 0 Å². The summed E-state index contributed by atoms with van der Waals surface area (Å²) in [5.41, 5.74) is 1.18. The van der Waals surface area contributed by atoms with Crippen molar-refractivity contribution < 1.29 is 18.7 Å². The summed E-state index contributed by atoms with van der Waals surface area (Å²) in [5.74, 6) is -1.12. The van der Waals surface area contributed by atoms with Crippen molar-refractivity contribution in [2.24, 2.45) is 0 Å². The second-order valence-electron chi connectivity index (χ2n) is 4.96. The van der Waals surface area contributed by atoms with Gasteiger partial charge in [0.05, 0.1) is 13.2 Å². The maximum atomic E-state index is 14.4. The van der Waals surface area contributed by atoms with Gasteiger partial charge in [-0.3, -0.25) is 9.20 Å². The van der Waals surface area contributed by atoms with E-state index < -0.39 is 11.9 Å². The molecule has 2 heterocycles. The molecular weight excluding hydrogens is 289 g/mol. The van der Waals surface area contributed by atoms with Gasteiger partial charge in [0.25, 0.3) is 5.91 Å². The van der Waals surface area contributed by atoms with Gasteiger partial charge in [-0.2, -0.15) is 4.39 Å². The van der Waals surface area contributed by atoms with Gasteiger partial charge < -0.3 is 14.4 Å². The van der Waals surface area contributed by atoms with Crippen LogP contribution in [0.25, 0.3) is 5.65 Å². The Morgan fingerprint density at radius 2 is 1.95 bits per heavy atom. The number of ether oxygens (including phenoxy) is 2. The van der Waals surface area contributed by atoms with E-state index in [2.05, 4.69) is 4.98 Å². The van der Waals surface area contributed by atoms with Crippen LogP contribution in [0.3, 0.4) is 0 Å². The highest BCUT2D eigenvalue weighted by molar-refractivity contribution is 5.93. The fraction of sp³-hybridized carbons (Fsp3) is 0.467. The number of aromatic nitrogens is 2. The molecule has 7 heteroatoms. The smallest absolute Gasteiger partial charge is 0.277 e. The van der Waals surface area contributed by atoms with E-state index in [0.717, 1.165) is 5.56 Å². The molecule has 6 nitrogen and oxygen atoms in total. The Morgan fingerprint density at radius 1 is 1.32 bits per heavy atom. The summed E-state index contributed by atoms with van der Waals surface area (Å²) in [4.78, 5) is 18.1. The van der Waals surface area contributed by atoms with E-state index in [0.29, 0.717) is 32.0 Å². The number of fused-ring (bicyclic) bond motifs is 1. The first-order valence-electron chi connectivity index (χ1n) is 7.00. The summed E-state index contributed by atoms with van der Waals surface area (Å²) in [5, 5.41) is 0. The van der Waals surface area contributed by atoms with Crippen molar-refractivity contribution in [1.82, 2.24) is 14.3 Å². The zero-order valence-corrected chi connectivity index (χ0v) is 13.0. The molecule has 1 amide bonds. The van der Waals surface area contributed by atoms with Gasteiger partial charge in [0.15, 0.2) is 5.69 Å². The normalized spacial score (nSPS) is 11.1. The van der Waals surface area contributed by atoms with Gasteiger partial charge in [-0.1, -0.05) is 0 Å². The predicted octanol–water partition coefficient (Wildman–Crippen LogP) is 1.52. The van der Waals surface area contributed by atoms with Crippen LogP contribution in [-0.2, 0) is 9.47 Å². The predicted molar refractivity (Wildman–Crippen MR) is 79.5 cm³/mol. The molecule has 0 aliphatic heterocycles. The minimum Gasteiger partial charge on any atom is -0.383 e. The van der Waals surface area contributed by atoms with Crippen molar-refractivity contribution in [3.8, 4) is 0 Å². The highest BCUT2D eigenvalue weighted by Gasteiger charge is 2.24. The zero-order valence-electron chi connectivity index (χ0n) is 13.0. The quantitative estimate of drug-likeness (QED) is 0.778. The van der Waals surface area contributed by atoms with Crippen LogP contribution >= 0.6 is 0 Å². The van der Waals surface area contributed by atoms with Gasteiger partial charge in [0.2, 0.25) is 5.95 Å². The summed E-state index contributed by atoms with van der Waals surface area (Å²) in [6.45, 7) is 3.32. The lowest BCUT2D eigenvalue weighted by Gasteiger charge is -2.20. The molecular formula is C15H20FN3O3. The average Bonchev–Trinajstić information content (AvgIpc) is 2.83. The number of hydrogen-bond donors (Lipinski definition) is 0. The number of imidazole rings is 1. The third-order valence-corrected chi connectivity index (χ3v) is 3.34. The molecule has 0 saturated carbocycles. The van der Waals surface area contributed by atoms with E-state index in [1.54, 1.807) is 32.5 Å². The summed E-state index contributed by atoms with van der Waals surface area (Å²) in [6, 6.07) is 3.49. The molecule has 2 aromatic rings. The number of carbonyl (C=O) groups excluding carboxylic acids is 1. The van der Waals surface area contributed by atoms with E-state index in [1.165, 1.54) is 9.30 Å². The number of hydrogen-bond acceptors (Lipinski definition) is 4. The molecule has 2 aromatic heterocycles. The maximum Gasteiger partial charge on any atom is 0.277 e. The van der Waals surface area contributed by atoms with E-state index >= 15 is 0 Å². The van der Waals surface area contributed by atoms with Crippen molar-refractivity contribution in [3.63, 3.8) is 0 Å². The Bertz CT molecular complexity index is 649. The van der Waals surface area contributed by atoms with Crippen molar-refractivity contribution in [1.29, 1.82) is 0 Å². The van der Waals surface area contributed by atoms with Crippen LogP contribution in [0.4, 0.5) is 4.39 Å². The Kier molecular flexibility index (Phi) is 5.46. The Hall–Kier alpha value is -1.99. The second kappa shape index (κ2) is 7.33. The number of amides is 1. The summed E-state index contributed by atoms with van der Waals surface area (Å²) < 4.78 is 25.7. The number of carbonyl (C=O) groups is 1. The summed E-state index contributed by atoms with van der Waals surface area (Å²) in [7, 11) is 3.10. The van der Waals surface area contributed by atoms with E-state index in [-0.39, 0.29) is 5.69 Å². The molecule has 0 bridgehead atoms. The molecule has 0 aliphatic rings. The molecule has 0 aliphatic carbocycles. The molecule has 22 heavy (non-hydrogen) atoms. The van der Waals surface area contributed by atoms with Crippen molar-refractivity contribution in [2.45, 2.75) is 6.92 Å². The van der Waals surface area contributed by atoms with Crippen molar-refractivity contribution in [2.75, 3.05) is 40.5 Å². The van der Waals surface area contributed by atoms with Crippen LogP contribution in [0.15, 0.2) is 18.3 Å². The Morgan fingerprint density at radius 3 is 2.55 bits per heavy atom. The number of nitrogens with zero attached hydrogens (tertiary/aromatic N) is 3. The molecule has 0 fully saturated rings. The highest BCUT2D eigenvalue weighted by Crippen LogP contribution is 2.14. The third kappa shape index (κ3) is 3.42. The number of rotatable bonds is 7. The van der Waals surface area contributed by atoms with E-state index in [9.17, 15) is 9.18 Å². The third-order valence-electron chi connectivity index (χ3n) is 3.34. The van der Waals surface area contributed by atoms with Crippen LogP contribution in [0, 0.1) is 12.9 Å². The molecule has 0 atom stereocenters. The number of pyridine rings is 1. The SMILES string of the molecule is COCCN(CCOC)C(=O)c1nc2cc(C)ccn2c1F.